The number of benzene rings is 1. The third-order valence-electron chi connectivity index (χ3n) is 5.48. The summed E-state index contributed by atoms with van der Waals surface area (Å²) in [5, 5.41) is 3.10. The third kappa shape index (κ3) is 3.58. The Kier molecular flexibility index (Phi) is 4.91. The first-order valence-electron chi connectivity index (χ1n) is 9.37. The van der Waals surface area contributed by atoms with Crippen LogP contribution in [-0.4, -0.2) is 31.4 Å². The molecule has 0 radical (unpaired) electrons. The molecule has 1 aliphatic heterocycles. The number of fused-ring (bicyclic) bond motifs is 1. The van der Waals surface area contributed by atoms with Gasteiger partial charge in [-0.1, -0.05) is 18.9 Å². The van der Waals surface area contributed by atoms with Crippen molar-refractivity contribution in [2.75, 3.05) is 19.8 Å². The van der Waals surface area contributed by atoms with Crippen LogP contribution in [0.3, 0.4) is 0 Å². The first kappa shape index (κ1) is 18.0. The molecule has 0 atom stereocenters. The summed E-state index contributed by atoms with van der Waals surface area (Å²) in [5.74, 6) is 1.46. The summed E-state index contributed by atoms with van der Waals surface area (Å²) in [6.45, 7) is 3.25. The molecule has 1 aliphatic carbocycles. The zero-order valence-corrected chi connectivity index (χ0v) is 16.2. The molecular formula is C21H23NO4S. The van der Waals surface area contributed by atoms with Gasteiger partial charge in [0.25, 0.3) is 5.91 Å². The molecule has 142 valence electrons. The highest BCUT2D eigenvalue weighted by Crippen LogP contribution is 2.43. The molecule has 1 N–H and O–H groups in total. The summed E-state index contributed by atoms with van der Waals surface area (Å²) in [4.78, 5) is 25.2. The molecule has 2 heterocycles. The highest BCUT2D eigenvalue weighted by atomic mass is 32.1. The molecular weight excluding hydrogens is 362 g/mol. The Morgan fingerprint density at radius 2 is 1.74 bits per heavy atom. The van der Waals surface area contributed by atoms with Gasteiger partial charge in [-0.05, 0) is 49.6 Å². The summed E-state index contributed by atoms with van der Waals surface area (Å²) in [7, 11) is 0. The number of amides is 1. The molecule has 6 heteroatoms. The molecule has 1 aromatic heterocycles. The average molecular weight is 385 g/mol. The lowest BCUT2D eigenvalue weighted by Gasteiger charge is -2.31. The summed E-state index contributed by atoms with van der Waals surface area (Å²) in [6, 6.07) is 9.59. The zero-order chi connectivity index (χ0) is 18.9. The maximum absolute atomic E-state index is 12.6. The fourth-order valence-corrected chi connectivity index (χ4v) is 4.80. The standard InChI is InChI=1S/C21H23NO4S/c1-14(23)18-6-7-19(27-18)20(24)22-13-21(8-2-3-9-21)15-4-5-16-17(12-15)26-11-10-25-16/h4-7,12H,2-3,8-11,13H2,1H3,(H,22,24). The maximum Gasteiger partial charge on any atom is 0.261 e. The van der Waals surface area contributed by atoms with Gasteiger partial charge in [0.1, 0.15) is 13.2 Å². The van der Waals surface area contributed by atoms with Crippen molar-refractivity contribution in [1.82, 2.24) is 5.32 Å². The highest BCUT2D eigenvalue weighted by molar-refractivity contribution is 7.15. The van der Waals surface area contributed by atoms with Crippen LogP contribution in [0.25, 0.3) is 0 Å². The van der Waals surface area contributed by atoms with Crippen LogP contribution < -0.4 is 14.8 Å². The minimum atomic E-state index is -0.115. The second kappa shape index (κ2) is 7.35. The fraction of sp³-hybridized carbons (Fsp3) is 0.429. The number of nitrogens with one attached hydrogen (secondary N) is 1. The number of ether oxygens (including phenoxy) is 2. The number of thiophene rings is 1. The van der Waals surface area contributed by atoms with Crippen LogP contribution >= 0.6 is 11.3 Å². The Labute approximate surface area is 162 Å². The van der Waals surface area contributed by atoms with Gasteiger partial charge < -0.3 is 14.8 Å². The van der Waals surface area contributed by atoms with Crippen molar-refractivity contribution in [1.29, 1.82) is 0 Å². The lowest BCUT2D eigenvalue weighted by Crippen LogP contribution is -2.38. The average Bonchev–Trinajstić information content (AvgIpc) is 3.36. The third-order valence-corrected chi connectivity index (χ3v) is 6.66. The van der Waals surface area contributed by atoms with Gasteiger partial charge in [-0.3, -0.25) is 9.59 Å². The molecule has 1 aromatic carbocycles. The van der Waals surface area contributed by atoms with E-state index in [-0.39, 0.29) is 17.1 Å². The van der Waals surface area contributed by atoms with Gasteiger partial charge in [-0.2, -0.15) is 0 Å². The molecule has 27 heavy (non-hydrogen) atoms. The van der Waals surface area contributed by atoms with Crippen LogP contribution in [0.2, 0.25) is 0 Å². The van der Waals surface area contributed by atoms with E-state index in [4.69, 9.17) is 9.47 Å². The largest absolute Gasteiger partial charge is 0.486 e. The number of Topliss-reactive ketones (excluding diaryl/α,β-unsaturated/α-hetero) is 1. The Balaban J connectivity index is 1.52. The topological polar surface area (TPSA) is 64.6 Å². The van der Waals surface area contributed by atoms with E-state index >= 15 is 0 Å². The predicted octanol–water partition coefficient (Wildman–Crippen LogP) is 3.96. The Bertz CT molecular complexity index is 867. The Hall–Kier alpha value is -2.34. The summed E-state index contributed by atoms with van der Waals surface area (Å²) < 4.78 is 11.4. The van der Waals surface area contributed by atoms with E-state index in [2.05, 4.69) is 17.4 Å². The number of ketones is 1. The molecule has 0 unspecified atom stereocenters. The van der Waals surface area contributed by atoms with E-state index in [1.165, 1.54) is 23.8 Å². The normalized spacial score (nSPS) is 17.5. The number of carbonyl (C=O) groups excluding carboxylic acids is 2. The highest BCUT2D eigenvalue weighted by Gasteiger charge is 2.37. The molecule has 0 spiro atoms. The van der Waals surface area contributed by atoms with Crippen molar-refractivity contribution < 1.29 is 19.1 Å². The molecule has 0 saturated heterocycles. The van der Waals surface area contributed by atoms with E-state index < -0.39 is 0 Å². The van der Waals surface area contributed by atoms with Gasteiger partial charge >= 0.3 is 0 Å². The molecule has 1 saturated carbocycles. The lowest BCUT2D eigenvalue weighted by molar-refractivity contribution is 0.0946. The fourth-order valence-electron chi connectivity index (χ4n) is 3.98. The van der Waals surface area contributed by atoms with Crippen molar-refractivity contribution in [2.24, 2.45) is 0 Å². The van der Waals surface area contributed by atoms with Crippen LogP contribution in [0.15, 0.2) is 30.3 Å². The van der Waals surface area contributed by atoms with Crippen LogP contribution in [0.1, 0.15) is 57.5 Å². The molecule has 4 rings (SSSR count). The summed E-state index contributed by atoms with van der Waals surface area (Å²) in [5.41, 5.74) is 1.12. The van der Waals surface area contributed by atoms with E-state index in [9.17, 15) is 9.59 Å². The van der Waals surface area contributed by atoms with Crippen molar-refractivity contribution in [3.8, 4) is 11.5 Å². The maximum atomic E-state index is 12.6. The SMILES string of the molecule is CC(=O)c1ccc(C(=O)NCC2(c3ccc4c(c3)OCCO4)CCCC2)s1. The van der Waals surface area contributed by atoms with Crippen molar-refractivity contribution >= 4 is 23.0 Å². The first-order chi connectivity index (χ1) is 13.1. The summed E-state index contributed by atoms with van der Waals surface area (Å²) in [6.07, 6.45) is 4.38. The van der Waals surface area contributed by atoms with Gasteiger partial charge in [-0.15, -0.1) is 11.3 Å². The van der Waals surface area contributed by atoms with Crippen LogP contribution in [0, 0.1) is 0 Å². The van der Waals surface area contributed by atoms with Crippen molar-refractivity contribution in [2.45, 2.75) is 38.0 Å². The van der Waals surface area contributed by atoms with Crippen molar-refractivity contribution in [3.05, 3.63) is 45.6 Å². The molecule has 0 bridgehead atoms. The molecule has 1 fully saturated rings. The Morgan fingerprint density at radius 3 is 2.44 bits per heavy atom. The second-order valence-electron chi connectivity index (χ2n) is 7.25. The minimum Gasteiger partial charge on any atom is -0.486 e. The van der Waals surface area contributed by atoms with Gasteiger partial charge in [0, 0.05) is 12.0 Å². The molecule has 2 aromatic rings. The van der Waals surface area contributed by atoms with E-state index in [0.717, 1.165) is 37.2 Å². The van der Waals surface area contributed by atoms with Gasteiger partial charge in [0.05, 0.1) is 9.75 Å². The number of rotatable bonds is 5. The molecule has 1 amide bonds. The first-order valence-corrected chi connectivity index (χ1v) is 10.2. The lowest BCUT2D eigenvalue weighted by atomic mass is 9.78. The number of hydrogen-bond acceptors (Lipinski definition) is 5. The molecule has 2 aliphatic rings. The minimum absolute atomic E-state index is 0.0115. The second-order valence-corrected chi connectivity index (χ2v) is 8.33. The van der Waals surface area contributed by atoms with Gasteiger partial charge in [0.15, 0.2) is 17.3 Å². The number of carbonyl (C=O) groups is 2. The van der Waals surface area contributed by atoms with E-state index in [1.807, 2.05) is 6.07 Å². The monoisotopic (exact) mass is 385 g/mol. The van der Waals surface area contributed by atoms with Crippen LogP contribution in [0.5, 0.6) is 11.5 Å². The molecule has 5 nitrogen and oxygen atoms in total. The smallest absolute Gasteiger partial charge is 0.261 e. The van der Waals surface area contributed by atoms with Gasteiger partial charge in [-0.25, -0.2) is 0 Å². The van der Waals surface area contributed by atoms with Crippen molar-refractivity contribution in [3.63, 3.8) is 0 Å². The van der Waals surface area contributed by atoms with E-state index in [1.54, 1.807) is 12.1 Å². The van der Waals surface area contributed by atoms with Crippen LogP contribution in [-0.2, 0) is 5.41 Å². The Morgan fingerprint density at radius 1 is 1.04 bits per heavy atom. The predicted molar refractivity (Wildman–Crippen MR) is 104 cm³/mol. The van der Waals surface area contributed by atoms with Gasteiger partial charge in [0.2, 0.25) is 0 Å². The van der Waals surface area contributed by atoms with Crippen LogP contribution in [0.4, 0.5) is 0 Å². The zero-order valence-electron chi connectivity index (χ0n) is 15.4. The quantitative estimate of drug-likeness (QED) is 0.791. The van der Waals surface area contributed by atoms with E-state index in [0.29, 0.717) is 29.5 Å². The summed E-state index contributed by atoms with van der Waals surface area (Å²) >= 11 is 1.25. The number of hydrogen-bond donors (Lipinski definition) is 1.